The van der Waals surface area contributed by atoms with Crippen LogP contribution in [0.5, 0.6) is 0 Å². The van der Waals surface area contributed by atoms with Gasteiger partial charge in [0, 0.05) is 52.3 Å². The summed E-state index contributed by atoms with van der Waals surface area (Å²) < 4.78 is 2.55. The van der Waals surface area contributed by atoms with Crippen LogP contribution < -0.4 is 10.6 Å². The second-order valence-electron chi connectivity index (χ2n) is 11.5. The van der Waals surface area contributed by atoms with Gasteiger partial charge in [-0.1, -0.05) is 59.6 Å². The van der Waals surface area contributed by atoms with Gasteiger partial charge < -0.3 is 15.2 Å². The first kappa shape index (κ1) is 27.1. The van der Waals surface area contributed by atoms with Crippen molar-refractivity contribution in [2.45, 2.75) is 43.6 Å². The molecule has 0 radical (unpaired) electrons. The van der Waals surface area contributed by atoms with Crippen molar-refractivity contribution >= 4 is 45.8 Å². The number of imidazole rings is 1. The van der Waals surface area contributed by atoms with Crippen molar-refractivity contribution in [3.8, 4) is 0 Å². The number of aromatic nitrogens is 2. The molecular formula is C35H32Cl2N4O. The molecule has 0 bridgehead atoms. The number of rotatable bonds is 7. The molecule has 1 amide bonds. The molecule has 1 aliphatic carbocycles. The number of fused-ring (bicyclic) bond motifs is 1. The van der Waals surface area contributed by atoms with E-state index < -0.39 is 5.91 Å². The SMILES string of the molecule is NC(=O)c1cccc(N2CCC(n3c(C4CC4)nc4ccc(C(c5ccc(Cl)cc5)c5ccc(Cl)cc5)cc43)CC2)c1. The summed E-state index contributed by atoms with van der Waals surface area (Å²) in [4.78, 5) is 19.3. The summed E-state index contributed by atoms with van der Waals surface area (Å²) in [5.41, 5.74) is 13.0. The third-order valence-electron chi connectivity index (χ3n) is 8.75. The van der Waals surface area contributed by atoms with Gasteiger partial charge in [-0.15, -0.1) is 0 Å². The highest BCUT2D eigenvalue weighted by atomic mass is 35.5. The topological polar surface area (TPSA) is 64.2 Å². The number of hydrogen-bond donors (Lipinski definition) is 1. The van der Waals surface area contributed by atoms with Gasteiger partial charge in [-0.25, -0.2) is 4.98 Å². The summed E-state index contributed by atoms with van der Waals surface area (Å²) in [7, 11) is 0. The number of primary amides is 1. The second kappa shape index (κ2) is 11.1. The zero-order valence-electron chi connectivity index (χ0n) is 23.2. The summed E-state index contributed by atoms with van der Waals surface area (Å²) >= 11 is 12.5. The lowest BCUT2D eigenvalue weighted by atomic mass is 9.85. The van der Waals surface area contributed by atoms with Gasteiger partial charge in [-0.3, -0.25) is 4.79 Å². The smallest absolute Gasteiger partial charge is 0.248 e. The molecule has 2 N–H and O–H groups in total. The molecule has 7 heteroatoms. The molecule has 7 rings (SSSR count). The number of carbonyl (C=O) groups excluding carboxylic acids is 1. The third-order valence-corrected chi connectivity index (χ3v) is 9.25. The Morgan fingerprint density at radius 2 is 1.40 bits per heavy atom. The third kappa shape index (κ3) is 5.28. The Bertz CT molecular complexity index is 1710. The van der Waals surface area contributed by atoms with Gasteiger partial charge in [-0.05, 0) is 97.0 Å². The van der Waals surface area contributed by atoms with Gasteiger partial charge in [0.25, 0.3) is 0 Å². The molecule has 2 heterocycles. The molecule has 1 saturated carbocycles. The van der Waals surface area contributed by atoms with Crippen molar-refractivity contribution in [2.75, 3.05) is 18.0 Å². The summed E-state index contributed by atoms with van der Waals surface area (Å²) in [6.07, 6.45) is 4.42. The van der Waals surface area contributed by atoms with E-state index in [4.69, 9.17) is 33.9 Å². The van der Waals surface area contributed by atoms with Gasteiger partial charge in [0.1, 0.15) is 5.82 Å². The summed E-state index contributed by atoms with van der Waals surface area (Å²) in [6, 6.07) is 31.1. The molecule has 5 aromatic rings. The van der Waals surface area contributed by atoms with E-state index in [1.165, 1.54) is 40.9 Å². The molecule has 212 valence electrons. The zero-order valence-corrected chi connectivity index (χ0v) is 24.7. The van der Waals surface area contributed by atoms with E-state index in [-0.39, 0.29) is 5.92 Å². The molecule has 1 aliphatic heterocycles. The molecule has 5 nitrogen and oxygen atoms in total. The fraction of sp³-hybridized carbons (Fsp3) is 0.257. The number of piperidine rings is 1. The molecule has 4 aromatic carbocycles. The van der Waals surface area contributed by atoms with Crippen molar-refractivity contribution in [3.05, 3.63) is 129 Å². The van der Waals surface area contributed by atoms with Crippen LogP contribution in [-0.2, 0) is 0 Å². The number of carbonyl (C=O) groups is 1. The molecule has 0 spiro atoms. The lowest BCUT2D eigenvalue weighted by Crippen LogP contribution is -2.35. The maximum absolute atomic E-state index is 11.7. The Morgan fingerprint density at radius 3 is 2.00 bits per heavy atom. The molecule has 0 unspecified atom stereocenters. The molecular weight excluding hydrogens is 563 g/mol. The van der Waals surface area contributed by atoms with Crippen molar-refractivity contribution in [1.29, 1.82) is 0 Å². The van der Waals surface area contributed by atoms with Crippen LogP contribution in [0.1, 0.15) is 76.4 Å². The summed E-state index contributed by atoms with van der Waals surface area (Å²) in [6.45, 7) is 1.82. The van der Waals surface area contributed by atoms with Crippen LogP contribution in [0, 0.1) is 0 Å². The van der Waals surface area contributed by atoms with Crippen molar-refractivity contribution in [2.24, 2.45) is 5.73 Å². The van der Waals surface area contributed by atoms with E-state index in [0.29, 0.717) is 17.5 Å². The second-order valence-corrected chi connectivity index (χ2v) is 12.4. The number of amides is 1. The van der Waals surface area contributed by atoms with Gasteiger partial charge in [-0.2, -0.15) is 0 Å². The van der Waals surface area contributed by atoms with Crippen molar-refractivity contribution < 1.29 is 4.79 Å². The van der Waals surface area contributed by atoms with Gasteiger partial charge in [0.15, 0.2) is 0 Å². The van der Waals surface area contributed by atoms with Crippen molar-refractivity contribution in [1.82, 2.24) is 9.55 Å². The van der Waals surface area contributed by atoms with Crippen LogP contribution in [0.15, 0.2) is 91.0 Å². The van der Waals surface area contributed by atoms with E-state index in [1.54, 1.807) is 6.07 Å². The minimum atomic E-state index is -0.392. The fourth-order valence-electron chi connectivity index (χ4n) is 6.45. The van der Waals surface area contributed by atoms with Crippen LogP contribution in [-0.4, -0.2) is 28.5 Å². The number of anilines is 1. The molecule has 1 aromatic heterocycles. The average Bonchev–Trinajstić information content (AvgIpc) is 3.79. The molecule has 2 aliphatic rings. The minimum absolute atomic E-state index is 0.0380. The quantitative estimate of drug-likeness (QED) is 0.192. The first-order valence-corrected chi connectivity index (χ1v) is 15.4. The fourth-order valence-corrected chi connectivity index (χ4v) is 6.70. The Labute approximate surface area is 255 Å². The van der Waals surface area contributed by atoms with Crippen LogP contribution >= 0.6 is 23.2 Å². The van der Waals surface area contributed by atoms with E-state index in [0.717, 1.165) is 47.2 Å². The number of halogens is 2. The van der Waals surface area contributed by atoms with Gasteiger partial charge in [0.05, 0.1) is 11.0 Å². The Kier molecular flexibility index (Phi) is 7.17. The van der Waals surface area contributed by atoms with Gasteiger partial charge in [0.2, 0.25) is 5.91 Å². The Balaban J connectivity index is 1.25. The largest absolute Gasteiger partial charge is 0.371 e. The monoisotopic (exact) mass is 594 g/mol. The van der Waals surface area contributed by atoms with Crippen LogP contribution in [0.4, 0.5) is 5.69 Å². The molecule has 1 saturated heterocycles. The summed E-state index contributed by atoms with van der Waals surface area (Å²) in [5.74, 6) is 1.41. The molecule has 42 heavy (non-hydrogen) atoms. The van der Waals surface area contributed by atoms with E-state index in [2.05, 4.69) is 58.0 Å². The lowest BCUT2D eigenvalue weighted by Gasteiger charge is -2.35. The van der Waals surface area contributed by atoms with Crippen molar-refractivity contribution in [3.63, 3.8) is 0 Å². The highest BCUT2D eigenvalue weighted by Crippen LogP contribution is 2.44. The number of nitrogens with two attached hydrogens (primary N) is 1. The van der Waals surface area contributed by atoms with E-state index in [9.17, 15) is 4.79 Å². The average molecular weight is 596 g/mol. The van der Waals surface area contributed by atoms with E-state index >= 15 is 0 Å². The Hall–Kier alpha value is -3.80. The maximum Gasteiger partial charge on any atom is 0.248 e. The normalized spacial score (nSPS) is 15.9. The number of benzene rings is 4. The molecule has 0 atom stereocenters. The van der Waals surface area contributed by atoms with E-state index in [1.807, 2.05) is 36.4 Å². The maximum atomic E-state index is 11.7. The van der Waals surface area contributed by atoms with Gasteiger partial charge >= 0.3 is 0 Å². The number of hydrogen-bond acceptors (Lipinski definition) is 3. The lowest BCUT2D eigenvalue weighted by molar-refractivity contribution is 0.100. The first-order valence-electron chi connectivity index (χ1n) is 14.6. The Morgan fingerprint density at radius 1 is 0.786 bits per heavy atom. The predicted octanol–water partition coefficient (Wildman–Crippen LogP) is 8.34. The predicted molar refractivity (Wildman–Crippen MR) is 171 cm³/mol. The van der Waals surface area contributed by atoms with Crippen LogP contribution in [0.3, 0.4) is 0 Å². The zero-order chi connectivity index (χ0) is 28.8. The highest BCUT2D eigenvalue weighted by Gasteiger charge is 2.33. The standard InChI is InChI=1S/C35H32Cl2N4O/c36-27-11-6-22(7-12-27)33(23-8-13-28(37)14-9-23)25-10-15-31-32(21-25)41(35(39-31)24-4-5-24)29-16-18-40(19-17-29)30-3-1-2-26(20-30)34(38)42/h1-3,6-15,20-21,24,29,33H,4-5,16-19H2,(H2,38,42). The number of nitrogens with zero attached hydrogens (tertiary/aromatic N) is 3. The van der Waals surface area contributed by atoms with Crippen LogP contribution in [0.2, 0.25) is 10.0 Å². The first-order chi connectivity index (χ1) is 20.4. The van der Waals surface area contributed by atoms with Crippen LogP contribution in [0.25, 0.3) is 11.0 Å². The summed E-state index contributed by atoms with van der Waals surface area (Å²) in [5, 5.41) is 1.45. The highest BCUT2D eigenvalue weighted by molar-refractivity contribution is 6.30. The molecule has 2 fully saturated rings. The minimum Gasteiger partial charge on any atom is -0.371 e.